The van der Waals surface area contributed by atoms with Gasteiger partial charge in [0.1, 0.15) is 11.7 Å². The quantitative estimate of drug-likeness (QED) is 0.379. The van der Waals surface area contributed by atoms with E-state index in [2.05, 4.69) is 10.4 Å². The zero-order chi connectivity index (χ0) is 13.0. The smallest absolute Gasteiger partial charge is 0.148 e. The van der Waals surface area contributed by atoms with Crippen molar-refractivity contribution < 1.29 is 4.39 Å². The van der Waals surface area contributed by atoms with Gasteiger partial charge in [-0.2, -0.15) is 0 Å². The molecule has 0 aliphatic rings. The largest absolute Gasteiger partial charge is 0.308 e. The molecule has 0 saturated heterocycles. The lowest BCUT2D eigenvalue weighted by Crippen LogP contribution is -2.30. The SMILES string of the molecule is NNC(=Nc1ccccc1)c1ccc(Cl)c(F)c1. The summed E-state index contributed by atoms with van der Waals surface area (Å²) in [7, 11) is 0. The molecule has 0 unspecified atom stereocenters. The van der Waals surface area contributed by atoms with Crippen LogP contribution in [0.25, 0.3) is 0 Å². The van der Waals surface area contributed by atoms with Gasteiger partial charge in [-0.15, -0.1) is 0 Å². The normalized spacial score (nSPS) is 11.4. The van der Waals surface area contributed by atoms with Crippen LogP contribution in [-0.2, 0) is 0 Å². The number of benzene rings is 2. The Labute approximate surface area is 109 Å². The van der Waals surface area contributed by atoms with Crippen LogP contribution in [0.3, 0.4) is 0 Å². The summed E-state index contributed by atoms with van der Waals surface area (Å²) < 4.78 is 13.4. The minimum atomic E-state index is -0.509. The first-order valence-corrected chi connectivity index (χ1v) is 5.64. The van der Waals surface area contributed by atoms with E-state index in [1.807, 2.05) is 30.3 Å². The number of nitrogens with two attached hydrogens (primary N) is 1. The summed E-state index contributed by atoms with van der Waals surface area (Å²) in [6, 6.07) is 13.6. The van der Waals surface area contributed by atoms with Gasteiger partial charge in [-0.25, -0.2) is 15.2 Å². The third kappa shape index (κ3) is 2.85. The summed E-state index contributed by atoms with van der Waals surface area (Å²) in [5.74, 6) is 5.27. The molecule has 0 aromatic heterocycles. The van der Waals surface area contributed by atoms with Gasteiger partial charge in [0.15, 0.2) is 0 Å². The zero-order valence-corrected chi connectivity index (χ0v) is 10.2. The molecule has 3 nitrogen and oxygen atoms in total. The molecule has 0 saturated carbocycles. The summed E-state index contributed by atoms with van der Waals surface area (Å²) in [6.45, 7) is 0. The van der Waals surface area contributed by atoms with Crippen molar-refractivity contribution in [3.05, 3.63) is 64.9 Å². The minimum Gasteiger partial charge on any atom is -0.308 e. The van der Waals surface area contributed by atoms with Gasteiger partial charge in [0.05, 0.1) is 10.7 Å². The summed E-state index contributed by atoms with van der Waals surface area (Å²) in [5.41, 5.74) is 3.71. The van der Waals surface area contributed by atoms with Crippen LogP contribution in [0.1, 0.15) is 5.56 Å². The minimum absolute atomic E-state index is 0.0647. The summed E-state index contributed by atoms with van der Waals surface area (Å²) in [5, 5.41) is 0.0647. The number of amidine groups is 1. The first-order chi connectivity index (χ1) is 8.70. The van der Waals surface area contributed by atoms with Crippen molar-refractivity contribution in [1.29, 1.82) is 0 Å². The van der Waals surface area contributed by atoms with E-state index < -0.39 is 5.82 Å². The van der Waals surface area contributed by atoms with Gasteiger partial charge in [-0.1, -0.05) is 29.8 Å². The predicted octanol–water partition coefficient (Wildman–Crippen LogP) is 3.02. The molecule has 0 spiro atoms. The van der Waals surface area contributed by atoms with E-state index >= 15 is 0 Å². The zero-order valence-electron chi connectivity index (χ0n) is 9.40. The molecule has 3 N–H and O–H groups in total. The Balaban J connectivity index is 2.39. The van der Waals surface area contributed by atoms with Crippen LogP contribution in [0, 0.1) is 5.82 Å². The van der Waals surface area contributed by atoms with E-state index in [4.69, 9.17) is 17.4 Å². The van der Waals surface area contributed by atoms with Crippen molar-refractivity contribution in [2.45, 2.75) is 0 Å². The van der Waals surface area contributed by atoms with Gasteiger partial charge >= 0.3 is 0 Å². The molecule has 0 aliphatic carbocycles. The third-order valence-corrected chi connectivity index (χ3v) is 2.63. The Morgan fingerprint density at radius 2 is 1.89 bits per heavy atom. The van der Waals surface area contributed by atoms with E-state index in [9.17, 15) is 4.39 Å². The molecule has 0 bridgehead atoms. The molecular weight excluding hydrogens is 253 g/mol. The first kappa shape index (κ1) is 12.5. The fourth-order valence-corrected chi connectivity index (χ4v) is 1.57. The highest BCUT2D eigenvalue weighted by molar-refractivity contribution is 6.30. The van der Waals surface area contributed by atoms with Crippen molar-refractivity contribution in [3.8, 4) is 0 Å². The Bertz CT molecular complexity index is 570. The molecule has 0 aliphatic heterocycles. The Kier molecular flexibility index (Phi) is 3.92. The molecule has 0 fully saturated rings. The molecule has 2 aromatic carbocycles. The Hall–Kier alpha value is -1.91. The number of halogens is 2. The lowest BCUT2D eigenvalue weighted by Gasteiger charge is -2.06. The van der Waals surface area contributed by atoms with Gasteiger partial charge in [-0.05, 0) is 30.3 Å². The molecule has 0 radical (unpaired) electrons. The van der Waals surface area contributed by atoms with Crippen LogP contribution >= 0.6 is 11.6 Å². The van der Waals surface area contributed by atoms with Gasteiger partial charge in [0.2, 0.25) is 0 Å². The highest BCUT2D eigenvalue weighted by atomic mass is 35.5. The average Bonchev–Trinajstić information content (AvgIpc) is 2.40. The number of rotatable bonds is 2. The maximum absolute atomic E-state index is 13.4. The van der Waals surface area contributed by atoms with Gasteiger partial charge < -0.3 is 5.43 Å². The fourth-order valence-electron chi connectivity index (χ4n) is 1.46. The van der Waals surface area contributed by atoms with E-state index in [1.165, 1.54) is 12.1 Å². The van der Waals surface area contributed by atoms with Crippen molar-refractivity contribution >= 4 is 23.1 Å². The summed E-state index contributed by atoms with van der Waals surface area (Å²) in [4.78, 5) is 4.29. The first-order valence-electron chi connectivity index (χ1n) is 5.26. The van der Waals surface area contributed by atoms with Gasteiger partial charge in [0.25, 0.3) is 0 Å². The second-order valence-corrected chi connectivity index (χ2v) is 3.98. The number of aliphatic imine (C=N–C) groups is 1. The second-order valence-electron chi connectivity index (χ2n) is 3.57. The fraction of sp³-hybridized carbons (Fsp3) is 0. The Morgan fingerprint density at radius 1 is 1.17 bits per heavy atom. The number of hydrogen-bond donors (Lipinski definition) is 2. The Morgan fingerprint density at radius 3 is 2.50 bits per heavy atom. The number of nitrogens with one attached hydrogen (secondary N) is 1. The lowest BCUT2D eigenvalue weighted by molar-refractivity contribution is 0.628. The molecule has 0 heterocycles. The number of para-hydroxylation sites is 1. The summed E-state index contributed by atoms with van der Waals surface area (Å²) >= 11 is 5.62. The van der Waals surface area contributed by atoms with E-state index in [1.54, 1.807) is 6.07 Å². The molecule has 2 aromatic rings. The topological polar surface area (TPSA) is 50.4 Å². The van der Waals surface area contributed by atoms with Crippen molar-refractivity contribution in [3.63, 3.8) is 0 Å². The molecule has 0 amide bonds. The van der Waals surface area contributed by atoms with E-state index in [-0.39, 0.29) is 5.02 Å². The molecule has 18 heavy (non-hydrogen) atoms. The van der Waals surface area contributed by atoms with Gasteiger partial charge in [0, 0.05) is 5.56 Å². The van der Waals surface area contributed by atoms with Crippen LogP contribution in [0.4, 0.5) is 10.1 Å². The number of nitrogens with zero attached hydrogens (tertiary/aromatic N) is 1. The standard InChI is InChI=1S/C13H11ClFN3/c14-11-7-6-9(8-12(11)15)13(18-16)17-10-4-2-1-3-5-10/h1-8H,16H2,(H,17,18). The molecule has 5 heteroatoms. The maximum Gasteiger partial charge on any atom is 0.148 e. The van der Waals surface area contributed by atoms with Crippen molar-refractivity contribution in [2.75, 3.05) is 0 Å². The highest BCUT2D eigenvalue weighted by Gasteiger charge is 2.06. The van der Waals surface area contributed by atoms with Crippen molar-refractivity contribution in [1.82, 2.24) is 5.43 Å². The highest BCUT2D eigenvalue weighted by Crippen LogP contribution is 2.17. The van der Waals surface area contributed by atoms with Crippen LogP contribution in [-0.4, -0.2) is 5.84 Å². The van der Waals surface area contributed by atoms with Crippen molar-refractivity contribution in [2.24, 2.45) is 10.8 Å². The van der Waals surface area contributed by atoms with Crippen LogP contribution in [0.15, 0.2) is 53.5 Å². The third-order valence-electron chi connectivity index (χ3n) is 2.33. The van der Waals surface area contributed by atoms with Gasteiger partial charge in [-0.3, -0.25) is 0 Å². The monoisotopic (exact) mass is 263 g/mol. The van der Waals surface area contributed by atoms with Crippen LogP contribution < -0.4 is 11.3 Å². The predicted molar refractivity (Wildman–Crippen MR) is 71.4 cm³/mol. The maximum atomic E-state index is 13.4. The number of hydrogen-bond acceptors (Lipinski definition) is 2. The summed E-state index contributed by atoms with van der Waals surface area (Å²) in [6.07, 6.45) is 0. The number of hydrazine groups is 1. The molecular formula is C13H11ClFN3. The molecule has 2 rings (SSSR count). The van der Waals surface area contributed by atoms with E-state index in [0.29, 0.717) is 11.4 Å². The van der Waals surface area contributed by atoms with Crippen LogP contribution in [0.5, 0.6) is 0 Å². The molecule has 0 atom stereocenters. The van der Waals surface area contributed by atoms with E-state index in [0.717, 1.165) is 5.69 Å². The molecule has 92 valence electrons. The second kappa shape index (κ2) is 5.62. The lowest BCUT2D eigenvalue weighted by atomic mass is 10.2. The average molecular weight is 264 g/mol. The van der Waals surface area contributed by atoms with Crippen LogP contribution in [0.2, 0.25) is 5.02 Å².